The number of carbonyl (C=O) groups is 1. The first-order valence-electron chi connectivity index (χ1n) is 8.45. The molecule has 0 aliphatic carbocycles. The standard InChI is InChI=1S/C17H29N5O2/c1-12-14(13(2)20-16(18)19-12)10-15(23)22-8-5-6-17(24,7-9-22)11-21(3)4/h24H,5-11H2,1-4H3,(H2,18,19,20)/t17-/m1/s1. The van der Waals surface area contributed by atoms with E-state index in [1.807, 2.05) is 37.7 Å². The number of carbonyl (C=O) groups excluding carboxylic acids is 1. The van der Waals surface area contributed by atoms with Gasteiger partial charge in [0.1, 0.15) is 0 Å². The number of likely N-dealkylation sites (tertiary alicyclic amines) is 1. The Bertz CT molecular complexity index is 582. The lowest BCUT2D eigenvalue weighted by Gasteiger charge is -2.30. The molecule has 0 saturated carbocycles. The molecule has 0 aromatic carbocycles. The summed E-state index contributed by atoms with van der Waals surface area (Å²) in [6.07, 6.45) is 2.42. The molecule has 1 saturated heterocycles. The molecular weight excluding hydrogens is 306 g/mol. The van der Waals surface area contributed by atoms with Gasteiger partial charge in [0, 0.05) is 36.6 Å². The molecule has 7 nitrogen and oxygen atoms in total. The molecule has 1 amide bonds. The van der Waals surface area contributed by atoms with Crippen LogP contribution in [0.2, 0.25) is 0 Å². The molecule has 1 aromatic heterocycles. The Morgan fingerprint density at radius 3 is 2.46 bits per heavy atom. The Hall–Kier alpha value is -1.73. The fraction of sp³-hybridized carbons (Fsp3) is 0.706. The van der Waals surface area contributed by atoms with E-state index in [9.17, 15) is 9.90 Å². The van der Waals surface area contributed by atoms with Crippen molar-refractivity contribution in [2.75, 3.05) is 39.5 Å². The third-order valence-corrected chi connectivity index (χ3v) is 4.65. The van der Waals surface area contributed by atoms with Crippen LogP contribution in [0.1, 0.15) is 36.2 Å². The second-order valence-corrected chi connectivity index (χ2v) is 7.10. The second kappa shape index (κ2) is 7.44. The third kappa shape index (κ3) is 4.64. The summed E-state index contributed by atoms with van der Waals surface area (Å²) < 4.78 is 0. The molecule has 1 aliphatic heterocycles. The Morgan fingerprint density at radius 2 is 1.88 bits per heavy atom. The van der Waals surface area contributed by atoms with Crippen LogP contribution in [0.15, 0.2) is 0 Å². The molecule has 24 heavy (non-hydrogen) atoms. The van der Waals surface area contributed by atoms with Gasteiger partial charge in [-0.15, -0.1) is 0 Å². The number of anilines is 1. The van der Waals surface area contributed by atoms with Crippen molar-refractivity contribution in [3.63, 3.8) is 0 Å². The summed E-state index contributed by atoms with van der Waals surface area (Å²) in [6, 6.07) is 0. The van der Waals surface area contributed by atoms with Gasteiger partial charge in [-0.25, -0.2) is 9.97 Å². The summed E-state index contributed by atoms with van der Waals surface area (Å²) in [4.78, 5) is 24.9. The van der Waals surface area contributed by atoms with Crippen molar-refractivity contribution in [2.45, 2.75) is 45.1 Å². The zero-order valence-corrected chi connectivity index (χ0v) is 15.2. The van der Waals surface area contributed by atoms with E-state index in [0.29, 0.717) is 26.1 Å². The van der Waals surface area contributed by atoms with Crippen LogP contribution >= 0.6 is 0 Å². The van der Waals surface area contributed by atoms with Crippen LogP contribution in [0, 0.1) is 13.8 Å². The van der Waals surface area contributed by atoms with E-state index in [0.717, 1.165) is 29.8 Å². The zero-order valence-electron chi connectivity index (χ0n) is 15.2. The number of aliphatic hydroxyl groups is 1. The van der Waals surface area contributed by atoms with Crippen LogP contribution in [0.5, 0.6) is 0 Å². The number of amides is 1. The monoisotopic (exact) mass is 335 g/mol. The smallest absolute Gasteiger partial charge is 0.227 e. The van der Waals surface area contributed by atoms with Crippen molar-refractivity contribution in [3.8, 4) is 0 Å². The van der Waals surface area contributed by atoms with E-state index in [1.54, 1.807) is 0 Å². The topological polar surface area (TPSA) is 95.6 Å². The zero-order chi connectivity index (χ0) is 17.9. The molecule has 0 bridgehead atoms. The largest absolute Gasteiger partial charge is 0.388 e. The fourth-order valence-corrected chi connectivity index (χ4v) is 3.46. The normalized spacial score (nSPS) is 21.8. The van der Waals surface area contributed by atoms with Gasteiger partial charge in [0.2, 0.25) is 11.9 Å². The van der Waals surface area contributed by atoms with Gasteiger partial charge in [-0.1, -0.05) is 0 Å². The Kier molecular flexibility index (Phi) is 5.77. The number of nitrogens with two attached hydrogens (primary N) is 1. The van der Waals surface area contributed by atoms with Crippen molar-refractivity contribution in [1.29, 1.82) is 0 Å². The first kappa shape index (κ1) is 18.6. The second-order valence-electron chi connectivity index (χ2n) is 7.10. The van der Waals surface area contributed by atoms with Gasteiger partial charge < -0.3 is 20.6 Å². The number of hydrogen-bond donors (Lipinski definition) is 2. The molecule has 3 N–H and O–H groups in total. The van der Waals surface area contributed by atoms with Crippen molar-refractivity contribution in [2.24, 2.45) is 0 Å². The predicted molar refractivity (Wildman–Crippen MR) is 93.6 cm³/mol. The Morgan fingerprint density at radius 1 is 1.25 bits per heavy atom. The highest BCUT2D eigenvalue weighted by Gasteiger charge is 2.32. The minimum atomic E-state index is -0.714. The van der Waals surface area contributed by atoms with Crippen LogP contribution in [-0.2, 0) is 11.2 Å². The highest BCUT2D eigenvalue weighted by molar-refractivity contribution is 5.79. The lowest BCUT2D eigenvalue weighted by atomic mass is 9.94. The molecule has 0 spiro atoms. The maximum atomic E-state index is 12.7. The van der Waals surface area contributed by atoms with Crippen LogP contribution in [0.3, 0.4) is 0 Å². The van der Waals surface area contributed by atoms with Crippen molar-refractivity contribution in [1.82, 2.24) is 19.8 Å². The molecule has 1 fully saturated rings. The minimum absolute atomic E-state index is 0.0590. The molecule has 2 rings (SSSR count). The first-order valence-corrected chi connectivity index (χ1v) is 8.45. The van der Waals surface area contributed by atoms with Gasteiger partial charge in [0.25, 0.3) is 0 Å². The summed E-state index contributed by atoms with van der Waals surface area (Å²) in [5.41, 5.74) is 7.29. The Labute approximate surface area is 143 Å². The van der Waals surface area contributed by atoms with Crippen molar-refractivity contribution >= 4 is 11.9 Å². The van der Waals surface area contributed by atoms with E-state index >= 15 is 0 Å². The van der Waals surface area contributed by atoms with E-state index in [-0.39, 0.29) is 18.3 Å². The maximum absolute atomic E-state index is 12.7. The minimum Gasteiger partial charge on any atom is -0.388 e. The number of aryl methyl sites for hydroxylation is 2. The predicted octanol–water partition coefficient (Wildman–Crippen LogP) is 0.523. The number of rotatable bonds is 4. The molecule has 0 unspecified atom stereocenters. The van der Waals surface area contributed by atoms with Gasteiger partial charge in [0.15, 0.2) is 0 Å². The molecule has 1 aliphatic rings. The van der Waals surface area contributed by atoms with E-state index < -0.39 is 5.60 Å². The quantitative estimate of drug-likeness (QED) is 0.833. The summed E-state index contributed by atoms with van der Waals surface area (Å²) in [6.45, 7) is 5.59. The fourth-order valence-electron chi connectivity index (χ4n) is 3.46. The van der Waals surface area contributed by atoms with Gasteiger partial charge >= 0.3 is 0 Å². The van der Waals surface area contributed by atoms with Crippen LogP contribution in [0.25, 0.3) is 0 Å². The van der Waals surface area contributed by atoms with Gasteiger partial charge in [-0.2, -0.15) is 0 Å². The number of aromatic nitrogens is 2. The SMILES string of the molecule is Cc1nc(N)nc(C)c1CC(=O)N1CCC[C@](O)(CN(C)C)CC1. The van der Waals surface area contributed by atoms with E-state index in [1.165, 1.54) is 0 Å². The number of hydrogen-bond acceptors (Lipinski definition) is 6. The molecule has 1 aromatic rings. The Balaban J connectivity index is 2.04. The van der Waals surface area contributed by atoms with Gasteiger partial charge in [-0.3, -0.25) is 4.79 Å². The third-order valence-electron chi connectivity index (χ3n) is 4.65. The van der Waals surface area contributed by atoms with Gasteiger partial charge in [0.05, 0.1) is 12.0 Å². The maximum Gasteiger partial charge on any atom is 0.227 e. The number of nitrogens with zero attached hydrogens (tertiary/aromatic N) is 4. The molecule has 134 valence electrons. The number of nitrogen functional groups attached to an aromatic ring is 1. The summed E-state index contributed by atoms with van der Waals surface area (Å²) in [5, 5.41) is 10.7. The van der Waals surface area contributed by atoms with E-state index in [4.69, 9.17) is 5.73 Å². The molecular formula is C17H29N5O2. The summed E-state index contributed by atoms with van der Waals surface area (Å²) >= 11 is 0. The summed E-state index contributed by atoms with van der Waals surface area (Å²) in [7, 11) is 3.91. The van der Waals surface area contributed by atoms with Gasteiger partial charge in [-0.05, 0) is 47.2 Å². The van der Waals surface area contributed by atoms with Crippen LogP contribution < -0.4 is 5.73 Å². The molecule has 7 heteroatoms. The van der Waals surface area contributed by atoms with Crippen molar-refractivity contribution in [3.05, 3.63) is 17.0 Å². The first-order chi connectivity index (χ1) is 11.2. The van der Waals surface area contributed by atoms with Crippen molar-refractivity contribution < 1.29 is 9.90 Å². The highest BCUT2D eigenvalue weighted by atomic mass is 16.3. The highest BCUT2D eigenvalue weighted by Crippen LogP contribution is 2.24. The lowest BCUT2D eigenvalue weighted by Crippen LogP contribution is -2.41. The van der Waals surface area contributed by atoms with Crippen LogP contribution in [0.4, 0.5) is 5.95 Å². The lowest BCUT2D eigenvalue weighted by molar-refractivity contribution is -0.130. The van der Waals surface area contributed by atoms with E-state index in [2.05, 4.69) is 9.97 Å². The summed E-state index contributed by atoms with van der Waals surface area (Å²) in [5.74, 6) is 0.299. The molecule has 2 heterocycles. The molecule has 1 atom stereocenters. The molecule has 0 radical (unpaired) electrons. The van der Waals surface area contributed by atoms with Crippen LogP contribution in [-0.4, -0.2) is 70.1 Å². The number of likely N-dealkylation sites (N-methyl/N-ethyl adjacent to an activating group) is 1. The average molecular weight is 335 g/mol. The average Bonchev–Trinajstić information content (AvgIpc) is 2.63.